The van der Waals surface area contributed by atoms with Crippen LogP contribution in [0.15, 0.2) is 79.0 Å². The Kier molecular flexibility index (Phi) is 5.20. The van der Waals surface area contributed by atoms with Crippen LogP contribution < -0.4 is 19.1 Å². The van der Waals surface area contributed by atoms with Crippen LogP contribution >= 0.6 is 0 Å². The number of hydrogen-bond donors (Lipinski definition) is 0. The van der Waals surface area contributed by atoms with Crippen LogP contribution in [0.1, 0.15) is 16.8 Å². The van der Waals surface area contributed by atoms with Gasteiger partial charge in [-0.3, -0.25) is 0 Å². The van der Waals surface area contributed by atoms with Crippen LogP contribution in [0.3, 0.4) is 0 Å². The Morgan fingerprint density at radius 2 is 1.65 bits per heavy atom. The molecule has 0 amide bonds. The number of pyridine rings is 1. The quantitative estimate of drug-likeness (QED) is 0.352. The fraction of sp³-hybridized carbons (Fsp3) is 0.0769. The molecule has 3 aromatic carbocycles. The Hall–Kier alpha value is -4.33. The zero-order chi connectivity index (χ0) is 23.9. The summed E-state index contributed by atoms with van der Waals surface area (Å²) in [7, 11) is 0. The largest absolute Gasteiger partial charge is 0.542 e. The van der Waals surface area contributed by atoms with Gasteiger partial charge in [0.05, 0.1) is 16.5 Å². The lowest BCUT2D eigenvalue weighted by Crippen LogP contribution is -2.37. The van der Waals surface area contributed by atoms with Crippen molar-refractivity contribution >= 4 is 28.4 Å². The van der Waals surface area contributed by atoms with Gasteiger partial charge in [-0.25, -0.2) is 0 Å². The highest BCUT2D eigenvalue weighted by Crippen LogP contribution is 2.38. The predicted molar refractivity (Wildman–Crippen MR) is 116 cm³/mol. The molecule has 0 atom stereocenters. The highest BCUT2D eigenvalue weighted by Gasteiger charge is 2.33. The van der Waals surface area contributed by atoms with E-state index in [2.05, 4.69) is 77.5 Å². The lowest BCUT2D eigenvalue weighted by Gasteiger charge is -2.03. The Morgan fingerprint density at radius 3 is 2.44 bits per heavy atom. The van der Waals surface area contributed by atoms with Gasteiger partial charge >= 0.3 is 6.18 Å². The molecule has 0 aliphatic carbocycles. The molecule has 3 heterocycles. The van der Waals surface area contributed by atoms with E-state index in [0.29, 0.717) is 6.79 Å². The van der Waals surface area contributed by atoms with Gasteiger partial charge in [-0.05, 0) is 41.3 Å². The molecule has 5 nitrogen and oxygen atoms in total. The number of ether oxygens (including phenoxy) is 2. The summed E-state index contributed by atoms with van der Waals surface area (Å²) in [5.41, 5.74) is 6.01. The molecule has 0 fully saturated rings. The van der Waals surface area contributed by atoms with Gasteiger partial charge in [0.25, 0.3) is 0 Å². The molecule has 2 aliphatic rings. The summed E-state index contributed by atoms with van der Waals surface area (Å²) in [4.78, 5) is 8.78. The van der Waals surface area contributed by atoms with Crippen LogP contribution in [-0.2, 0) is 4.79 Å². The van der Waals surface area contributed by atoms with Crippen molar-refractivity contribution in [2.75, 3.05) is 6.79 Å². The van der Waals surface area contributed by atoms with E-state index in [0.717, 1.165) is 17.1 Å². The van der Waals surface area contributed by atoms with Crippen molar-refractivity contribution in [1.82, 2.24) is 0 Å². The maximum atomic E-state index is 10.5. The number of carboxylic acids is 1. The molecule has 0 spiro atoms. The van der Waals surface area contributed by atoms with Crippen LogP contribution in [0.4, 0.5) is 13.2 Å². The van der Waals surface area contributed by atoms with Gasteiger partial charge in [-0.1, -0.05) is 36.4 Å². The van der Waals surface area contributed by atoms with Gasteiger partial charge in [-0.15, -0.1) is 0 Å². The molecule has 0 bridgehead atoms. The van der Waals surface area contributed by atoms with Crippen LogP contribution in [-0.4, -0.2) is 18.9 Å². The number of aromatic nitrogens is 1. The number of benzene rings is 3. The number of fused-ring (bicyclic) bond motifs is 6. The van der Waals surface area contributed by atoms with Crippen LogP contribution in [0.25, 0.3) is 28.1 Å². The maximum absolute atomic E-state index is 10.5. The minimum Gasteiger partial charge on any atom is -0.542 e. The SMILES string of the molecule is C(=C1\c2ccccc2-[n+]2ccc3ccccc3c21)/c1ccc2c(c1)OCO2.O=C([O-])C(F)(F)F. The van der Waals surface area contributed by atoms with E-state index in [-0.39, 0.29) is 0 Å². The Balaban J connectivity index is 0.000000304. The first-order chi connectivity index (χ1) is 16.3. The summed E-state index contributed by atoms with van der Waals surface area (Å²) in [6.07, 6.45) is -0.789. The summed E-state index contributed by atoms with van der Waals surface area (Å²) < 4.78 is 44.8. The van der Waals surface area contributed by atoms with Crippen LogP contribution in [0, 0.1) is 0 Å². The van der Waals surface area contributed by atoms with Gasteiger partial charge in [0.2, 0.25) is 18.2 Å². The first kappa shape index (κ1) is 21.5. The number of nitrogens with zero attached hydrogens (tertiary/aromatic N) is 1. The lowest BCUT2D eigenvalue weighted by atomic mass is 9.98. The molecule has 0 N–H and O–H groups in total. The van der Waals surface area contributed by atoms with Crippen molar-refractivity contribution < 1.29 is 37.1 Å². The molecular weight excluding hydrogens is 447 g/mol. The van der Waals surface area contributed by atoms with E-state index < -0.39 is 12.1 Å². The second-order valence-corrected chi connectivity index (χ2v) is 7.59. The number of hydrogen-bond acceptors (Lipinski definition) is 4. The number of aliphatic carboxylic acids is 1. The topological polar surface area (TPSA) is 62.5 Å². The van der Waals surface area contributed by atoms with Gasteiger partial charge < -0.3 is 19.4 Å². The predicted octanol–water partition coefficient (Wildman–Crippen LogP) is 4.05. The first-order valence-electron chi connectivity index (χ1n) is 10.3. The monoisotopic (exact) mass is 463 g/mol. The summed E-state index contributed by atoms with van der Waals surface area (Å²) in [5, 5.41) is 11.3. The summed E-state index contributed by atoms with van der Waals surface area (Å²) >= 11 is 0. The van der Waals surface area contributed by atoms with Crippen molar-refractivity contribution in [3.63, 3.8) is 0 Å². The molecule has 4 aromatic rings. The molecule has 6 rings (SSSR count). The van der Waals surface area contributed by atoms with Gasteiger partial charge in [0.15, 0.2) is 17.7 Å². The number of alkyl halides is 3. The first-order valence-corrected chi connectivity index (χ1v) is 10.3. The number of rotatable bonds is 1. The zero-order valence-corrected chi connectivity index (χ0v) is 17.5. The zero-order valence-electron chi connectivity index (χ0n) is 17.5. The molecule has 34 heavy (non-hydrogen) atoms. The van der Waals surface area contributed by atoms with E-state index in [4.69, 9.17) is 19.4 Å². The van der Waals surface area contributed by atoms with Crippen molar-refractivity contribution in [2.24, 2.45) is 0 Å². The van der Waals surface area contributed by atoms with E-state index in [1.165, 1.54) is 33.3 Å². The smallest absolute Gasteiger partial charge is 0.430 e. The Bertz CT molecular complexity index is 1460. The van der Waals surface area contributed by atoms with Crippen molar-refractivity contribution in [1.29, 1.82) is 0 Å². The molecule has 1 aromatic heterocycles. The molecule has 0 saturated heterocycles. The molecule has 2 aliphatic heterocycles. The number of carbonyl (C=O) groups is 1. The normalized spacial score (nSPS) is 14.4. The van der Waals surface area contributed by atoms with E-state index in [9.17, 15) is 13.2 Å². The number of carboxylic acid groups (broad SMARTS) is 1. The van der Waals surface area contributed by atoms with E-state index in [1.807, 2.05) is 12.1 Å². The van der Waals surface area contributed by atoms with Crippen molar-refractivity contribution in [3.8, 4) is 17.2 Å². The number of carbonyl (C=O) groups excluding carboxylic acids is 1. The van der Waals surface area contributed by atoms with Crippen LogP contribution in [0.5, 0.6) is 11.5 Å². The lowest BCUT2D eigenvalue weighted by molar-refractivity contribution is -0.592. The number of halogens is 3. The highest BCUT2D eigenvalue weighted by molar-refractivity contribution is 6.02. The molecule has 8 heteroatoms. The minimum atomic E-state index is -5.19. The maximum Gasteiger partial charge on any atom is 0.430 e. The summed E-state index contributed by atoms with van der Waals surface area (Å²) in [6.45, 7) is 0.293. The molecule has 0 radical (unpaired) electrons. The third-order valence-electron chi connectivity index (χ3n) is 5.51. The van der Waals surface area contributed by atoms with Gasteiger partial charge in [0.1, 0.15) is 5.97 Å². The van der Waals surface area contributed by atoms with E-state index in [1.54, 1.807) is 0 Å². The molecule has 0 saturated carbocycles. The van der Waals surface area contributed by atoms with Gasteiger partial charge in [0, 0.05) is 12.1 Å². The highest BCUT2D eigenvalue weighted by atomic mass is 19.4. The summed E-state index contributed by atoms with van der Waals surface area (Å²) in [6, 6.07) is 25.4. The second-order valence-electron chi connectivity index (χ2n) is 7.59. The van der Waals surface area contributed by atoms with Crippen molar-refractivity contribution in [2.45, 2.75) is 6.18 Å². The Labute approximate surface area is 191 Å². The Morgan fingerprint density at radius 1 is 0.941 bits per heavy atom. The average molecular weight is 463 g/mol. The third-order valence-corrected chi connectivity index (χ3v) is 5.51. The average Bonchev–Trinajstić information content (AvgIpc) is 3.42. The van der Waals surface area contributed by atoms with E-state index >= 15 is 0 Å². The van der Waals surface area contributed by atoms with Gasteiger partial charge in [-0.2, -0.15) is 17.7 Å². The second kappa shape index (κ2) is 8.22. The molecule has 0 unspecified atom stereocenters. The van der Waals surface area contributed by atoms with Crippen LogP contribution in [0.2, 0.25) is 0 Å². The fourth-order valence-electron chi connectivity index (χ4n) is 4.05. The summed E-state index contributed by atoms with van der Waals surface area (Å²) in [5.74, 6) is -1.39. The fourth-order valence-corrected chi connectivity index (χ4v) is 4.05. The molecule has 170 valence electrons. The standard InChI is InChI=1S/C24H16NO2.C2HF3O2/c1-2-6-18-17(5-1)11-12-25-21-8-4-3-7-19(21)20(24(18)25)13-16-9-10-22-23(14-16)27-15-26-22;3-2(4,5)1(6)7/h1-14H,15H2;(H,6,7)/q+1;/p-1/b20-13-;. The third kappa shape index (κ3) is 3.83. The molecular formula is C26H16F3NO4. The minimum absolute atomic E-state index is 0.293. The van der Waals surface area contributed by atoms with Crippen molar-refractivity contribution in [3.05, 3.63) is 95.8 Å². The number of para-hydroxylation sites is 1.